The smallest absolute Gasteiger partial charge is 0.163 e. The van der Waals surface area contributed by atoms with Gasteiger partial charge in [0.1, 0.15) is 0 Å². The van der Waals surface area contributed by atoms with Crippen molar-refractivity contribution in [2.24, 2.45) is 0 Å². The van der Waals surface area contributed by atoms with E-state index in [0.717, 1.165) is 18.7 Å². The Balaban J connectivity index is 2.03. The molecule has 20 heavy (non-hydrogen) atoms. The maximum Gasteiger partial charge on any atom is 0.163 e. The zero-order valence-corrected chi connectivity index (χ0v) is 12.8. The molecule has 112 valence electrons. The highest BCUT2D eigenvalue weighted by Gasteiger charge is 2.21. The second kappa shape index (κ2) is 7.99. The first-order valence-corrected chi connectivity index (χ1v) is 8.56. The summed E-state index contributed by atoms with van der Waals surface area (Å²) in [7, 11) is 0. The summed E-state index contributed by atoms with van der Waals surface area (Å²) in [5, 5.41) is 4.04. The third-order valence-electron chi connectivity index (χ3n) is 3.80. The van der Waals surface area contributed by atoms with Crippen LogP contribution in [0.25, 0.3) is 0 Å². The minimum absolute atomic E-state index is 0.101. The van der Waals surface area contributed by atoms with Crippen LogP contribution in [0.15, 0.2) is 18.2 Å². The molecular formula is C16H23F2NS. The molecule has 4 heteroatoms. The lowest BCUT2D eigenvalue weighted by molar-refractivity contribution is 0.475. The highest BCUT2D eigenvalue weighted by Crippen LogP contribution is 2.32. The first-order valence-electron chi connectivity index (χ1n) is 7.51. The number of hydrogen-bond donors (Lipinski definition) is 1. The summed E-state index contributed by atoms with van der Waals surface area (Å²) in [6.07, 6.45) is 6.12. The van der Waals surface area contributed by atoms with Gasteiger partial charge in [0.25, 0.3) is 0 Å². The Morgan fingerprint density at radius 1 is 1.30 bits per heavy atom. The molecule has 0 heterocycles. The Morgan fingerprint density at radius 2 is 2.05 bits per heavy atom. The zero-order chi connectivity index (χ0) is 14.4. The maximum atomic E-state index is 14.0. The van der Waals surface area contributed by atoms with E-state index in [1.165, 1.54) is 31.7 Å². The van der Waals surface area contributed by atoms with Gasteiger partial charge in [-0.1, -0.05) is 31.9 Å². The number of benzene rings is 1. The molecule has 1 aromatic rings. The van der Waals surface area contributed by atoms with Gasteiger partial charge in [0, 0.05) is 22.6 Å². The molecule has 0 aliphatic heterocycles. The SMILES string of the molecule is CCCNC(CSC1CCCC1)c1cccc(F)c1F. The second-order valence-corrected chi connectivity index (χ2v) is 6.72. The molecule has 1 aliphatic rings. The van der Waals surface area contributed by atoms with Gasteiger partial charge >= 0.3 is 0 Å². The lowest BCUT2D eigenvalue weighted by atomic mass is 10.1. The normalized spacial score (nSPS) is 17.6. The van der Waals surface area contributed by atoms with Crippen LogP contribution < -0.4 is 5.32 Å². The molecule has 2 rings (SSSR count). The standard InChI is InChI=1S/C16H23F2NS/c1-2-10-19-15(11-20-12-6-3-4-7-12)13-8-5-9-14(17)16(13)18/h5,8-9,12,15,19H,2-4,6-7,10-11H2,1H3. The summed E-state index contributed by atoms with van der Waals surface area (Å²) >= 11 is 1.90. The third kappa shape index (κ3) is 4.19. The Bertz CT molecular complexity index is 419. The topological polar surface area (TPSA) is 12.0 Å². The first-order chi connectivity index (χ1) is 9.72. The Hall–Kier alpha value is -0.610. The van der Waals surface area contributed by atoms with Gasteiger partial charge in [-0.3, -0.25) is 0 Å². The fraction of sp³-hybridized carbons (Fsp3) is 0.625. The highest BCUT2D eigenvalue weighted by molar-refractivity contribution is 7.99. The largest absolute Gasteiger partial charge is 0.309 e. The van der Waals surface area contributed by atoms with E-state index in [2.05, 4.69) is 12.2 Å². The molecule has 1 aromatic carbocycles. The molecule has 1 nitrogen and oxygen atoms in total. The molecule has 1 N–H and O–H groups in total. The predicted octanol–water partition coefficient (Wildman–Crippen LogP) is 4.68. The molecule has 0 amide bonds. The quantitative estimate of drug-likeness (QED) is 0.784. The van der Waals surface area contributed by atoms with E-state index in [1.54, 1.807) is 12.1 Å². The van der Waals surface area contributed by atoms with Crippen molar-refractivity contribution in [2.45, 2.75) is 50.3 Å². The molecule has 0 aromatic heterocycles. The van der Waals surface area contributed by atoms with Crippen LogP contribution in [0.5, 0.6) is 0 Å². The Kier molecular flexibility index (Phi) is 6.30. The van der Waals surface area contributed by atoms with Crippen molar-refractivity contribution < 1.29 is 8.78 Å². The van der Waals surface area contributed by atoms with Gasteiger partial charge < -0.3 is 5.32 Å². The van der Waals surface area contributed by atoms with E-state index in [4.69, 9.17) is 0 Å². The van der Waals surface area contributed by atoms with E-state index in [1.807, 2.05) is 11.8 Å². The molecule has 0 saturated heterocycles. The molecule has 1 unspecified atom stereocenters. The minimum Gasteiger partial charge on any atom is -0.309 e. The van der Waals surface area contributed by atoms with Crippen molar-refractivity contribution in [1.29, 1.82) is 0 Å². The van der Waals surface area contributed by atoms with Crippen LogP contribution in [0.2, 0.25) is 0 Å². The van der Waals surface area contributed by atoms with Crippen molar-refractivity contribution in [2.75, 3.05) is 12.3 Å². The van der Waals surface area contributed by atoms with Gasteiger partial charge in [0.2, 0.25) is 0 Å². The molecule has 1 saturated carbocycles. The molecule has 1 aliphatic carbocycles. The van der Waals surface area contributed by atoms with Crippen molar-refractivity contribution in [3.05, 3.63) is 35.4 Å². The Morgan fingerprint density at radius 3 is 2.75 bits per heavy atom. The summed E-state index contributed by atoms with van der Waals surface area (Å²) < 4.78 is 27.3. The number of nitrogens with one attached hydrogen (secondary N) is 1. The Labute approximate surface area is 124 Å². The summed E-state index contributed by atoms with van der Waals surface area (Å²) in [6, 6.07) is 4.37. The van der Waals surface area contributed by atoms with Gasteiger partial charge in [-0.05, 0) is 31.9 Å². The van der Waals surface area contributed by atoms with Crippen molar-refractivity contribution in [3.8, 4) is 0 Å². The number of hydrogen-bond acceptors (Lipinski definition) is 2. The van der Waals surface area contributed by atoms with Crippen LogP contribution in [-0.4, -0.2) is 17.5 Å². The average molecular weight is 299 g/mol. The van der Waals surface area contributed by atoms with Gasteiger partial charge in [0.15, 0.2) is 11.6 Å². The van der Waals surface area contributed by atoms with Gasteiger partial charge in [-0.25, -0.2) is 8.78 Å². The van der Waals surface area contributed by atoms with E-state index in [9.17, 15) is 8.78 Å². The van der Waals surface area contributed by atoms with Crippen LogP contribution >= 0.6 is 11.8 Å². The highest BCUT2D eigenvalue weighted by atomic mass is 32.2. The fourth-order valence-electron chi connectivity index (χ4n) is 2.65. The number of thioether (sulfide) groups is 1. The fourth-order valence-corrected chi connectivity index (χ4v) is 4.08. The third-order valence-corrected chi connectivity index (χ3v) is 5.27. The molecular weight excluding hydrogens is 276 g/mol. The van der Waals surface area contributed by atoms with Gasteiger partial charge in [-0.15, -0.1) is 0 Å². The van der Waals surface area contributed by atoms with Crippen LogP contribution in [0.4, 0.5) is 8.78 Å². The van der Waals surface area contributed by atoms with Crippen molar-refractivity contribution in [1.82, 2.24) is 5.32 Å². The summed E-state index contributed by atoms with van der Waals surface area (Å²) in [5.41, 5.74) is 0.462. The van der Waals surface area contributed by atoms with Crippen LogP contribution in [0, 0.1) is 11.6 Å². The summed E-state index contributed by atoms with van der Waals surface area (Å²) in [4.78, 5) is 0. The summed E-state index contributed by atoms with van der Waals surface area (Å²) in [5.74, 6) is -0.643. The average Bonchev–Trinajstić information content (AvgIpc) is 2.96. The van der Waals surface area contributed by atoms with Gasteiger partial charge in [-0.2, -0.15) is 11.8 Å². The first kappa shape index (κ1) is 15.8. The number of rotatable bonds is 7. The summed E-state index contributed by atoms with van der Waals surface area (Å²) in [6.45, 7) is 2.90. The predicted molar refractivity (Wildman–Crippen MR) is 82.1 cm³/mol. The zero-order valence-electron chi connectivity index (χ0n) is 12.0. The number of halogens is 2. The van der Waals surface area contributed by atoms with E-state index >= 15 is 0 Å². The van der Waals surface area contributed by atoms with E-state index in [-0.39, 0.29) is 6.04 Å². The lowest BCUT2D eigenvalue weighted by Gasteiger charge is -2.21. The lowest BCUT2D eigenvalue weighted by Crippen LogP contribution is -2.26. The molecule has 0 spiro atoms. The molecule has 0 bridgehead atoms. The minimum atomic E-state index is -0.753. The molecule has 1 fully saturated rings. The molecule has 0 radical (unpaired) electrons. The monoisotopic (exact) mass is 299 g/mol. The maximum absolute atomic E-state index is 14.0. The van der Waals surface area contributed by atoms with Gasteiger partial charge in [0.05, 0.1) is 0 Å². The van der Waals surface area contributed by atoms with Crippen molar-refractivity contribution >= 4 is 11.8 Å². The van der Waals surface area contributed by atoms with Crippen LogP contribution in [0.3, 0.4) is 0 Å². The van der Waals surface area contributed by atoms with Crippen molar-refractivity contribution in [3.63, 3.8) is 0 Å². The van der Waals surface area contributed by atoms with E-state index < -0.39 is 11.6 Å². The van der Waals surface area contributed by atoms with Crippen LogP contribution in [0.1, 0.15) is 50.6 Å². The van der Waals surface area contributed by atoms with E-state index in [0.29, 0.717) is 10.8 Å². The second-order valence-electron chi connectivity index (χ2n) is 5.39. The molecule has 1 atom stereocenters. The van der Waals surface area contributed by atoms with Crippen LogP contribution in [-0.2, 0) is 0 Å².